The molecule has 1 aliphatic heterocycles. The Bertz CT molecular complexity index is 639. The molecule has 96 valence electrons. The molecule has 0 saturated carbocycles. The molecule has 0 saturated heterocycles. The molecule has 0 aliphatic carbocycles. The molecule has 19 heavy (non-hydrogen) atoms. The van der Waals surface area contributed by atoms with Crippen molar-refractivity contribution in [3.05, 3.63) is 24.3 Å². The quantitative estimate of drug-likeness (QED) is 0.903. The van der Waals surface area contributed by atoms with Gasteiger partial charge in [-0.05, 0) is 13.3 Å². The standard InChI is InChI=1S/C13H14N6/c1-9(2-4-14)19-7-10(6-18-19)12-11-3-5-15-13(11)17-8-16-12/h6-9H,2-3,5H2,1H3,(H,15,16,17). The number of hydrogen-bond donors (Lipinski definition) is 1. The number of nitrogens with one attached hydrogen (secondary N) is 1. The third kappa shape index (κ3) is 2.03. The fraction of sp³-hybridized carbons (Fsp3) is 0.385. The smallest absolute Gasteiger partial charge is 0.133 e. The predicted octanol–water partition coefficient (Wildman–Crippen LogP) is 1.78. The molecule has 3 rings (SSSR count). The van der Waals surface area contributed by atoms with Crippen molar-refractivity contribution >= 4 is 5.82 Å². The van der Waals surface area contributed by atoms with Gasteiger partial charge in [0, 0.05) is 23.9 Å². The minimum Gasteiger partial charge on any atom is -0.369 e. The van der Waals surface area contributed by atoms with Gasteiger partial charge >= 0.3 is 0 Å². The molecule has 1 atom stereocenters. The molecule has 0 spiro atoms. The summed E-state index contributed by atoms with van der Waals surface area (Å²) >= 11 is 0. The van der Waals surface area contributed by atoms with Gasteiger partial charge in [0.15, 0.2) is 0 Å². The SMILES string of the molecule is CC(CC#N)n1cc(-c2ncnc3c2CCN3)cn1. The minimum atomic E-state index is 0.0757. The number of hydrogen-bond acceptors (Lipinski definition) is 5. The molecule has 2 aromatic heterocycles. The van der Waals surface area contributed by atoms with Gasteiger partial charge in [0.1, 0.15) is 12.1 Å². The van der Waals surface area contributed by atoms with Crippen LogP contribution in [0.4, 0.5) is 5.82 Å². The Balaban J connectivity index is 1.96. The molecule has 1 N–H and O–H groups in total. The number of anilines is 1. The molecule has 0 radical (unpaired) electrons. The van der Waals surface area contributed by atoms with Gasteiger partial charge in [-0.1, -0.05) is 0 Å². The summed E-state index contributed by atoms with van der Waals surface area (Å²) in [5.74, 6) is 0.919. The van der Waals surface area contributed by atoms with Gasteiger partial charge in [0.05, 0.1) is 30.4 Å². The van der Waals surface area contributed by atoms with E-state index in [0.29, 0.717) is 6.42 Å². The fourth-order valence-electron chi connectivity index (χ4n) is 2.28. The summed E-state index contributed by atoms with van der Waals surface area (Å²) in [5, 5.41) is 16.3. The first kappa shape index (κ1) is 11.7. The molecular weight excluding hydrogens is 240 g/mol. The molecular formula is C13H14N6. The molecule has 6 nitrogen and oxygen atoms in total. The zero-order chi connectivity index (χ0) is 13.2. The maximum Gasteiger partial charge on any atom is 0.133 e. The molecule has 2 aromatic rings. The van der Waals surface area contributed by atoms with Crippen molar-refractivity contribution in [3.8, 4) is 17.3 Å². The lowest BCUT2D eigenvalue weighted by Crippen LogP contribution is -2.04. The second kappa shape index (κ2) is 4.69. The number of nitrogens with zero attached hydrogens (tertiary/aromatic N) is 5. The van der Waals surface area contributed by atoms with E-state index in [2.05, 4.69) is 26.5 Å². The van der Waals surface area contributed by atoms with E-state index in [1.54, 1.807) is 12.5 Å². The van der Waals surface area contributed by atoms with Gasteiger partial charge < -0.3 is 5.32 Å². The van der Waals surface area contributed by atoms with Crippen molar-refractivity contribution < 1.29 is 0 Å². The summed E-state index contributed by atoms with van der Waals surface area (Å²) in [6.45, 7) is 2.88. The van der Waals surface area contributed by atoms with Crippen molar-refractivity contribution in [3.63, 3.8) is 0 Å². The van der Waals surface area contributed by atoms with Gasteiger partial charge in [-0.3, -0.25) is 4.68 Å². The first-order chi connectivity index (χ1) is 9.29. The van der Waals surface area contributed by atoms with Crippen LogP contribution in [0.5, 0.6) is 0 Å². The lowest BCUT2D eigenvalue weighted by molar-refractivity contribution is 0.500. The number of rotatable bonds is 3. The van der Waals surface area contributed by atoms with Crippen LogP contribution in [0.15, 0.2) is 18.7 Å². The normalized spacial score (nSPS) is 14.5. The molecule has 1 unspecified atom stereocenters. The van der Waals surface area contributed by atoms with Crippen molar-refractivity contribution in [2.75, 3.05) is 11.9 Å². The minimum absolute atomic E-state index is 0.0757. The average molecular weight is 254 g/mol. The number of aromatic nitrogens is 4. The van der Waals surface area contributed by atoms with Crippen LogP contribution in [-0.4, -0.2) is 26.3 Å². The van der Waals surface area contributed by atoms with E-state index in [0.717, 1.165) is 35.6 Å². The Labute approximate surface area is 111 Å². The van der Waals surface area contributed by atoms with E-state index < -0.39 is 0 Å². The Kier molecular flexibility index (Phi) is 2.88. The highest BCUT2D eigenvalue weighted by atomic mass is 15.3. The summed E-state index contributed by atoms with van der Waals surface area (Å²) < 4.78 is 1.81. The Morgan fingerprint density at radius 2 is 2.42 bits per heavy atom. The Morgan fingerprint density at radius 1 is 1.53 bits per heavy atom. The van der Waals surface area contributed by atoms with E-state index in [9.17, 15) is 0 Å². The molecule has 0 fully saturated rings. The van der Waals surface area contributed by atoms with Crippen LogP contribution in [0.2, 0.25) is 0 Å². The molecule has 0 amide bonds. The third-order valence-corrected chi connectivity index (χ3v) is 3.33. The largest absolute Gasteiger partial charge is 0.369 e. The van der Waals surface area contributed by atoms with Crippen LogP contribution >= 0.6 is 0 Å². The maximum atomic E-state index is 8.73. The predicted molar refractivity (Wildman–Crippen MR) is 70.4 cm³/mol. The zero-order valence-electron chi connectivity index (χ0n) is 10.7. The van der Waals surface area contributed by atoms with Gasteiger partial charge in [-0.25, -0.2) is 9.97 Å². The third-order valence-electron chi connectivity index (χ3n) is 3.33. The van der Waals surface area contributed by atoms with Crippen molar-refractivity contribution in [2.24, 2.45) is 0 Å². The number of nitriles is 1. The Morgan fingerprint density at radius 3 is 3.26 bits per heavy atom. The topological polar surface area (TPSA) is 79.4 Å². The van der Waals surface area contributed by atoms with Crippen LogP contribution in [0.25, 0.3) is 11.3 Å². The van der Waals surface area contributed by atoms with Crippen LogP contribution < -0.4 is 5.32 Å². The lowest BCUT2D eigenvalue weighted by atomic mass is 10.1. The van der Waals surface area contributed by atoms with Gasteiger partial charge in [-0.15, -0.1) is 0 Å². The van der Waals surface area contributed by atoms with E-state index in [1.807, 2.05) is 17.8 Å². The summed E-state index contributed by atoms with van der Waals surface area (Å²) in [6.07, 6.45) is 6.70. The first-order valence-corrected chi connectivity index (χ1v) is 6.29. The highest BCUT2D eigenvalue weighted by Crippen LogP contribution is 2.29. The van der Waals surface area contributed by atoms with E-state index >= 15 is 0 Å². The second-order valence-corrected chi connectivity index (χ2v) is 4.65. The highest BCUT2D eigenvalue weighted by molar-refractivity contribution is 5.68. The summed E-state index contributed by atoms with van der Waals surface area (Å²) in [4.78, 5) is 8.59. The zero-order valence-corrected chi connectivity index (χ0v) is 10.7. The van der Waals surface area contributed by atoms with Gasteiger partial charge in [-0.2, -0.15) is 10.4 Å². The van der Waals surface area contributed by atoms with E-state index in [1.165, 1.54) is 0 Å². The molecule has 3 heterocycles. The summed E-state index contributed by atoms with van der Waals surface area (Å²) in [6, 6.07) is 2.24. The van der Waals surface area contributed by atoms with E-state index in [-0.39, 0.29) is 6.04 Å². The Hall–Kier alpha value is -2.42. The van der Waals surface area contributed by atoms with Gasteiger partial charge in [0.2, 0.25) is 0 Å². The maximum absolute atomic E-state index is 8.73. The van der Waals surface area contributed by atoms with Crippen molar-refractivity contribution in [1.29, 1.82) is 5.26 Å². The average Bonchev–Trinajstić information content (AvgIpc) is 3.07. The summed E-state index contributed by atoms with van der Waals surface area (Å²) in [5.41, 5.74) is 3.06. The molecule has 0 aromatic carbocycles. The monoisotopic (exact) mass is 254 g/mol. The lowest BCUT2D eigenvalue weighted by Gasteiger charge is -2.07. The fourth-order valence-corrected chi connectivity index (χ4v) is 2.28. The van der Waals surface area contributed by atoms with Crippen molar-refractivity contribution in [1.82, 2.24) is 19.7 Å². The molecule has 0 bridgehead atoms. The van der Waals surface area contributed by atoms with Crippen LogP contribution in [0.1, 0.15) is 24.9 Å². The second-order valence-electron chi connectivity index (χ2n) is 4.65. The van der Waals surface area contributed by atoms with Gasteiger partial charge in [0.25, 0.3) is 0 Å². The molecule has 1 aliphatic rings. The van der Waals surface area contributed by atoms with Crippen LogP contribution in [0, 0.1) is 11.3 Å². The van der Waals surface area contributed by atoms with Crippen LogP contribution in [0.3, 0.4) is 0 Å². The first-order valence-electron chi connectivity index (χ1n) is 6.29. The van der Waals surface area contributed by atoms with E-state index in [4.69, 9.17) is 5.26 Å². The van der Waals surface area contributed by atoms with Crippen molar-refractivity contribution in [2.45, 2.75) is 25.8 Å². The highest BCUT2D eigenvalue weighted by Gasteiger charge is 2.19. The van der Waals surface area contributed by atoms with Crippen LogP contribution in [-0.2, 0) is 6.42 Å². The summed E-state index contributed by atoms with van der Waals surface area (Å²) in [7, 11) is 0. The molecule has 6 heteroatoms. The number of fused-ring (bicyclic) bond motifs is 1.